The molecule has 0 saturated heterocycles. The summed E-state index contributed by atoms with van der Waals surface area (Å²) in [4.78, 5) is 121. The Morgan fingerprint density at radius 2 is 0.779 bits per heavy atom. The molecule has 0 saturated carbocycles. The Balaban J connectivity index is 0.000000344. The molecule has 0 bridgehead atoms. The first-order chi connectivity index (χ1) is 39.8. The minimum absolute atomic E-state index is 0. The number of anilines is 2. The number of benzene rings is 2. The van der Waals surface area contributed by atoms with Gasteiger partial charge in [0.05, 0.1) is 41.1 Å². The predicted octanol–water partition coefficient (Wildman–Crippen LogP) is -9.53. The topological polar surface area (TPSA) is 552 Å². The Kier molecular flexibility index (Phi) is 28.0. The second kappa shape index (κ2) is 32.9. The molecule has 7 heterocycles. The van der Waals surface area contributed by atoms with E-state index in [2.05, 4.69) is 40.4 Å². The normalized spacial score (nSPS) is 22.5. The molecule has 7 aliphatic heterocycles. The number of esters is 1. The number of amides is 7. The molecule has 0 aromatic heterocycles. The molecule has 86 heavy (non-hydrogen) atoms. The van der Waals surface area contributed by atoms with E-state index in [1.54, 1.807) is 72.0 Å². The first-order valence-corrected chi connectivity index (χ1v) is 25.2. The van der Waals surface area contributed by atoms with Gasteiger partial charge in [-0.1, -0.05) is 36.4 Å². The monoisotopic (exact) mass is 1210 g/mol. The number of ether oxygens (including phenoxy) is 1. The maximum absolute atomic E-state index is 11.6. The van der Waals surface area contributed by atoms with E-state index in [4.69, 9.17) is 50.3 Å². The molecule has 7 atom stereocenters. The standard InChI is InChI=1S/C10H9N3O3.C10H11N3O.C7H11N3O3.C6H9N3O3.C6H11N3O.C5H7N3O3.C5H9N3O.Na/c11-7-8(10(15)16)12-13(9(7)14)6-4-2-1-3-5-6;1-7-9(11)10(14)13(12-7)8-5-3-2-4-6-8;1-3-13-7(12)5-4(8)6(11)10(2)9-5;1-2-9-5(10)3(7)4(8-9)6(11)12;1-3-9-6(10)5(7)4(2)8-9;1-8-4(9)2(6)3(7-8)5(10)11;1-3-4(6)5(9)8(2)7-3;/h1-5,7H,11H2,(H,15,16);2-6,9H,11H2,1H3;4H,3,8H2,1-2H3;3H,2,7H2,1H3,(H,11,12);5H,3,7H2,1-2H3;2H,6H2,1H3,(H,10,11);4H,6H2,1-2H3;/q;;;;;;;+1/p-1. The van der Waals surface area contributed by atoms with Crippen LogP contribution < -0.4 is 84.8 Å². The minimum atomic E-state index is -1.53. The van der Waals surface area contributed by atoms with Crippen molar-refractivity contribution in [1.29, 1.82) is 0 Å². The third-order valence-electron chi connectivity index (χ3n) is 11.8. The Hall–Kier alpha value is -8.98. The van der Waals surface area contributed by atoms with Gasteiger partial charge in [0.1, 0.15) is 48.0 Å². The zero-order valence-corrected chi connectivity index (χ0v) is 50.4. The molecule has 458 valence electrons. The quantitative estimate of drug-likeness (QED) is 0.0831. The first kappa shape index (κ1) is 73.1. The molecular weight excluding hydrogens is 1150 g/mol. The zero-order valence-electron chi connectivity index (χ0n) is 48.4. The Morgan fingerprint density at radius 3 is 1.05 bits per heavy atom. The average Bonchev–Trinajstić information content (AvgIpc) is 3.01. The van der Waals surface area contributed by atoms with Gasteiger partial charge in [-0.25, -0.2) is 39.4 Å². The van der Waals surface area contributed by atoms with E-state index in [0.29, 0.717) is 35.9 Å². The van der Waals surface area contributed by atoms with Crippen molar-refractivity contribution in [3.63, 3.8) is 0 Å². The van der Waals surface area contributed by atoms with Crippen molar-refractivity contribution < 1.29 is 102 Å². The van der Waals surface area contributed by atoms with E-state index in [-0.39, 0.29) is 71.0 Å². The van der Waals surface area contributed by atoms with Crippen molar-refractivity contribution in [3.8, 4) is 0 Å². The van der Waals surface area contributed by atoms with Crippen LogP contribution in [0.2, 0.25) is 0 Å². The molecule has 7 aliphatic rings. The minimum Gasteiger partial charge on any atom is -0.543 e. The summed E-state index contributed by atoms with van der Waals surface area (Å²) in [5.41, 5.74) is 40.0. The predicted molar refractivity (Wildman–Crippen MR) is 303 cm³/mol. The molecule has 0 spiro atoms. The number of aliphatic carboxylic acids is 3. The van der Waals surface area contributed by atoms with Gasteiger partial charge in [-0.3, -0.25) is 33.6 Å². The SMILES string of the molecule is CC1=NN(C)C(=O)C1N.CC1=NN(c2ccccc2)C(=O)C1N.CCN1N=C(C(=O)O)C(N)C1=O.CCN1N=C(C)C(N)C1=O.CCOC(=O)C1=NN(C)C(=O)C1N.CN1N=C(C(=O)O)C(N)C1=O.NC1C(=O)N(c2ccccc2)N=C1C(=O)[O-].[Na+]. The molecule has 16 N–H and O–H groups in total. The van der Waals surface area contributed by atoms with Gasteiger partial charge in [-0.15, -0.1) is 0 Å². The van der Waals surface area contributed by atoms with Crippen LogP contribution in [-0.4, -0.2) is 224 Å². The molecule has 2 aromatic carbocycles. The van der Waals surface area contributed by atoms with Gasteiger partial charge in [0.2, 0.25) is 0 Å². The van der Waals surface area contributed by atoms with Gasteiger partial charge in [-0.2, -0.15) is 45.7 Å². The number of carbonyl (C=O) groups excluding carboxylic acids is 9. The average molecular weight is 1210 g/mol. The van der Waals surface area contributed by atoms with Gasteiger partial charge in [0, 0.05) is 34.2 Å². The number of nitrogens with zero attached hydrogens (tertiary/aromatic N) is 14. The number of hydrogen-bond acceptors (Lipinski definition) is 27. The van der Waals surface area contributed by atoms with Crippen LogP contribution in [0.5, 0.6) is 0 Å². The molecule has 0 aliphatic carbocycles. The molecule has 9 rings (SSSR count). The van der Waals surface area contributed by atoms with Crippen molar-refractivity contribution in [3.05, 3.63) is 60.7 Å². The van der Waals surface area contributed by atoms with Gasteiger partial charge in [0.25, 0.3) is 41.4 Å². The summed E-state index contributed by atoms with van der Waals surface area (Å²) in [5, 5.41) is 61.7. The van der Waals surface area contributed by atoms with Gasteiger partial charge < -0.3 is 65.0 Å². The van der Waals surface area contributed by atoms with Crippen molar-refractivity contribution in [2.24, 2.45) is 75.8 Å². The Labute approximate surface area is 512 Å². The van der Waals surface area contributed by atoms with Crippen LogP contribution in [0.25, 0.3) is 0 Å². The van der Waals surface area contributed by atoms with Crippen molar-refractivity contribution in [1.82, 2.24) is 25.0 Å². The molecule has 0 radical (unpaired) electrons. The maximum atomic E-state index is 11.6. The second-order valence-electron chi connectivity index (χ2n) is 17.8. The fourth-order valence-corrected chi connectivity index (χ4v) is 6.97. The van der Waals surface area contributed by atoms with E-state index >= 15 is 0 Å². The summed E-state index contributed by atoms with van der Waals surface area (Å²) >= 11 is 0. The third kappa shape index (κ3) is 18.3. The molecule has 7 amide bonds. The number of likely N-dealkylation sites (N-methyl/N-ethyl adjacent to an activating group) is 5. The van der Waals surface area contributed by atoms with Crippen molar-refractivity contribution >= 4 is 117 Å². The van der Waals surface area contributed by atoms with Crippen molar-refractivity contribution in [2.45, 2.75) is 83.8 Å². The molecular formula is C49H66N21NaO15. The molecule has 7 unspecified atom stereocenters. The maximum Gasteiger partial charge on any atom is 1.00 e. The Bertz CT molecular complexity index is 3140. The fourth-order valence-electron chi connectivity index (χ4n) is 6.97. The Morgan fingerprint density at radius 1 is 0.453 bits per heavy atom. The zero-order chi connectivity index (χ0) is 64.5. The van der Waals surface area contributed by atoms with Crippen LogP contribution in [-0.2, 0) is 57.5 Å². The summed E-state index contributed by atoms with van der Waals surface area (Å²) in [6, 6.07) is 11.7. The van der Waals surface area contributed by atoms with E-state index in [9.17, 15) is 57.8 Å². The van der Waals surface area contributed by atoms with E-state index in [0.717, 1.165) is 25.7 Å². The summed E-state index contributed by atoms with van der Waals surface area (Å²) in [5.74, 6) is -7.00. The number of hydrazone groups is 7. The summed E-state index contributed by atoms with van der Waals surface area (Å²) in [7, 11) is 4.39. The van der Waals surface area contributed by atoms with Crippen LogP contribution in [0.1, 0.15) is 41.5 Å². The van der Waals surface area contributed by atoms with E-state index in [1.165, 1.54) is 29.1 Å². The van der Waals surface area contributed by atoms with Crippen LogP contribution in [0.3, 0.4) is 0 Å². The number of nitrogens with two attached hydrogens (primary N) is 7. The van der Waals surface area contributed by atoms with Gasteiger partial charge in [-0.05, 0) is 65.8 Å². The molecule has 0 fully saturated rings. The van der Waals surface area contributed by atoms with E-state index in [1.807, 2.05) is 37.3 Å². The third-order valence-corrected chi connectivity index (χ3v) is 11.8. The summed E-state index contributed by atoms with van der Waals surface area (Å²) in [6.45, 7) is 11.7. The van der Waals surface area contributed by atoms with Crippen LogP contribution in [0.4, 0.5) is 11.4 Å². The van der Waals surface area contributed by atoms with Gasteiger partial charge >= 0.3 is 47.5 Å². The number of carbonyl (C=O) groups is 11. The number of carboxylic acids is 3. The number of rotatable bonds is 9. The van der Waals surface area contributed by atoms with Crippen LogP contribution in [0.15, 0.2) is 96.4 Å². The summed E-state index contributed by atoms with van der Waals surface area (Å²) < 4.78 is 4.66. The number of para-hydroxylation sites is 2. The molecule has 36 nitrogen and oxygen atoms in total. The van der Waals surface area contributed by atoms with Gasteiger partial charge in [0.15, 0.2) is 17.1 Å². The summed E-state index contributed by atoms with van der Waals surface area (Å²) in [6.07, 6.45) is 0. The largest absolute Gasteiger partial charge is 1.00 e. The first-order valence-electron chi connectivity index (χ1n) is 25.2. The van der Waals surface area contributed by atoms with Crippen LogP contribution in [0, 0.1) is 0 Å². The number of carboxylic acid groups (broad SMARTS) is 3. The van der Waals surface area contributed by atoms with Crippen molar-refractivity contribution in [2.75, 3.05) is 50.9 Å². The van der Waals surface area contributed by atoms with Crippen LogP contribution >= 0.6 is 0 Å². The fraction of sp³-hybridized carbons (Fsp3) is 0.388. The second-order valence-corrected chi connectivity index (χ2v) is 17.8. The smallest absolute Gasteiger partial charge is 0.543 e. The molecule has 37 heteroatoms. The number of hydrogen-bond donors (Lipinski definition) is 9. The van der Waals surface area contributed by atoms with E-state index < -0.39 is 95.5 Å². The molecule has 2 aromatic rings.